The SMILES string of the molecule is O=C1OC(=O)C2C1C1(F)C(=O)OC(=O)C21F. The molecule has 0 aromatic rings. The molecule has 0 bridgehead atoms. The molecular weight excluding hydrogens is 230 g/mol. The van der Waals surface area contributed by atoms with Crippen molar-refractivity contribution in [3.63, 3.8) is 0 Å². The number of cyclic esters (lactones) is 4. The van der Waals surface area contributed by atoms with E-state index in [9.17, 15) is 28.0 Å². The Morgan fingerprint density at radius 3 is 1.56 bits per heavy atom. The van der Waals surface area contributed by atoms with Gasteiger partial charge in [-0.1, -0.05) is 0 Å². The van der Waals surface area contributed by atoms with Crippen molar-refractivity contribution in [1.82, 2.24) is 0 Å². The molecule has 16 heavy (non-hydrogen) atoms. The van der Waals surface area contributed by atoms with Crippen molar-refractivity contribution < 1.29 is 37.4 Å². The molecule has 6 nitrogen and oxygen atoms in total. The number of carbonyl (C=O) groups excluding carboxylic acids is 4. The number of rotatable bonds is 0. The van der Waals surface area contributed by atoms with Crippen molar-refractivity contribution in [2.75, 3.05) is 0 Å². The molecule has 1 aliphatic carbocycles. The molecule has 2 heterocycles. The summed E-state index contributed by atoms with van der Waals surface area (Å²) in [6.45, 7) is 0. The summed E-state index contributed by atoms with van der Waals surface area (Å²) < 4.78 is 35.7. The molecule has 4 unspecified atom stereocenters. The lowest BCUT2D eigenvalue weighted by Gasteiger charge is -2.43. The van der Waals surface area contributed by atoms with E-state index >= 15 is 0 Å². The number of hydrogen-bond donors (Lipinski definition) is 0. The van der Waals surface area contributed by atoms with E-state index in [0.717, 1.165) is 0 Å². The summed E-state index contributed by atoms with van der Waals surface area (Å²) in [5.74, 6) is -10.1. The van der Waals surface area contributed by atoms with E-state index in [2.05, 4.69) is 9.47 Å². The van der Waals surface area contributed by atoms with E-state index in [-0.39, 0.29) is 0 Å². The van der Waals surface area contributed by atoms with Crippen molar-refractivity contribution in [1.29, 1.82) is 0 Å². The summed E-state index contributed by atoms with van der Waals surface area (Å²) in [5.41, 5.74) is -6.84. The molecule has 2 aliphatic heterocycles. The topological polar surface area (TPSA) is 86.7 Å². The zero-order valence-electron chi connectivity index (χ0n) is 7.36. The van der Waals surface area contributed by atoms with Crippen LogP contribution >= 0.6 is 0 Å². The van der Waals surface area contributed by atoms with Crippen LogP contribution in [0.5, 0.6) is 0 Å². The van der Waals surface area contributed by atoms with Crippen LogP contribution < -0.4 is 0 Å². The monoisotopic (exact) mass is 232 g/mol. The summed E-state index contributed by atoms with van der Waals surface area (Å²) >= 11 is 0. The first-order valence-electron chi connectivity index (χ1n) is 4.25. The second kappa shape index (κ2) is 2.13. The minimum Gasteiger partial charge on any atom is -0.392 e. The van der Waals surface area contributed by atoms with Crippen LogP contribution in [-0.2, 0) is 28.7 Å². The van der Waals surface area contributed by atoms with Crippen molar-refractivity contribution in [3.8, 4) is 0 Å². The first-order valence-corrected chi connectivity index (χ1v) is 4.25. The third kappa shape index (κ3) is 0.576. The number of hydrogen-bond acceptors (Lipinski definition) is 6. The van der Waals surface area contributed by atoms with Crippen LogP contribution in [0.15, 0.2) is 0 Å². The van der Waals surface area contributed by atoms with Gasteiger partial charge in [-0.2, -0.15) is 0 Å². The molecule has 3 aliphatic rings. The van der Waals surface area contributed by atoms with Crippen LogP contribution in [0.1, 0.15) is 0 Å². The predicted octanol–water partition coefficient (Wildman–Crippen LogP) is -1.18. The highest BCUT2D eigenvalue weighted by Gasteiger charge is 2.94. The lowest BCUT2D eigenvalue weighted by Crippen LogP contribution is -2.73. The standard InChI is InChI=1S/C8H2F2O6/c9-7-1-2(4(12)15-3(1)11)8(7,10)6(14)16-5(7)13/h1-2H. The van der Waals surface area contributed by atoms with Gasteiger partial charge in [0.05, 0.1) is 0 Å². The molecule has 8 heteroatoms. The summed E-state index contributed by atoms with van der Waals surface area (Å²) in [6.07, 6.45) is 0. The highest BCUT2D eigenvalue weighted by atomic mass is 19.2. The number of esters is 4. The molecule has 84 valence electrons. The lowest BCUT2D eigenvalue weighted by atomic mass is 9.54. The summed E-state index contributed by atoms with van der Waals surface area (Å²) in [6, 6.07) is 0. The Hall–Kier alpha value is -1.86. The van der Waals surface area contributed by atoms with E-state index in [0.29, 0.717) is 0 Å². The molecule has 2 saturated heterocycles. The van der Waals surface area contributed by atoms with Gasteiger partial charge in [-0.15, -0.1) is 0 Å². The van der Waals surface area contributed by atoms with Gasteiger partial charge in [-0.3, -0.25) is 9.59 Å². The molecule has 3 rings (SSSR count). The molecule has 3 fully saturated rings. The van der Waals surface area contributed by atoms with Crippen LogP contribution in [0.2, 0.25) is 0 Å². The van der Waals surface area contributed by atoms with Gasteiger partial charge in [0.1, 0.15) is 11.8 Å². The largest absolute Gasteiger partial charge is 0.392 e. The molecule has 0 aromatic carbocycles. The van der Waals surface area contributed by atoms with Gasteiger partial charge in [0.15, 0.2) is 0 Å². The number of alkyl halides is 2. The maximum absolute atomic E-state index is 14.0. The Bertz CT molecular complexity index is 445. The Kier molecular flexibility index (Phi) is 1.25. The molecular formula is C8H2F2O6. The molecule has 4 atom stereocenters. The number of carbonyl (C=O) groups is 4. The average Bonchev–Trinajstić information content (AvgIpc) is 2.54. The first kappa shape index (κ1) is 9.37. The summed E-state index contributed by atoms with van der Waals surface area (Å²) in [7, 11) is 0. The molecule has 0 radical (unpaired) electrons. The maximum atomic E-state index is 14.0. The minimum atomic E-state index is -3.42. The minimum absolute atomic E-state index is 1.35. The second-order valence-corrected chi connectivity index (χ2v) is 3.80. The smallest absolute Gasteiger partial charge is 0.356 e. The predicted molar refractivity (Wildman–Crippen MR) is 36.9 cm³/mol. The molecule has 0 aromatic heterocycles. The van der Waals surface area contributed by atoms with Crippen molar-refractivity contribution in [3.05, 3.63) is 0 Å². The van der Waals surface area contributed by atoms with Crippen molar-refractivity contribution >= 4 is 23.9 Å². The third-order valence-electron chi connectivity index (χ3n) is 3.21. The normalized spacial score (nSPS) is 49.4. The Labute approximate surface area is 85.5 Å². The van der Waals surface area contributed by atoms with Gasteiger partial charge in [0, 0.05) is 0 Å². The molecule has 0 N–H and O–H groups in total. The van der Waals surface area contributed by atoms with Crippen LogP contribution in [0.3, 0.4) is 0 Å². The molecule has 1 saturated carbocycles. The number of fused-ring (bicyclic) bond motifs is 4. The average molecular weight is 232 g/mol. The quantitative estimate of drug-likeness (QED) is 0.385. The summed E-state index contributed by atoms with van der Waals surface area (Å²) in [5, 5.41) is 0. The zero-order valence-corrected chi connectivity index (χ0v) is 7.36. The van der Waals surface area contributed by atoms with E-state index in [1.807, 2.05) is 0 Å². The summed E-state index contributed by atoms with van der Waals surface area (Å²) in [4.78, 5) is 44.0. The number of ether oxygens (including phenoxy) is 2. The molecule has 0 spiro atoms. The van der Waals surface area contributed by atoms with E-state index in [1.165, 1.54) is 0 Å². The fraction of sp³-hybridized carbons (Fsp3) is 0.500. The van der Waals surface area contributed by atoms with E-state index < -0.39 is 47.1 Å². The van der Waals surface area contributed by atoms with E-state index in [1.54, 1.807) is 0 Å². The van der Waals surface area contributed by atoms with Gasteiger partial charge in [-0.05, 0) is 0 Å². The maximum Gasteiger partial charge on any atom is 0.356 e. The van der Waals surface area contributed by atoms with Gasteiger partial charge >= 0.3 is 23.9 Å². The van der Waals surface area contributed by atoms with Crippen molar-refractivity contribution in [2.24, 2.45) is 11.8 Å². The lowest BCUT2D eigenvalue weighted by molar-refractivity contribution is -0.198. The van der Waals surface area contributed by atoms with Gasteiger partial charge < -0.3 is 9.47 Å². The second-order valence-electron chi connectivity index (χ2n) is 3.80. The fourth-order valence-corrected chi connectivity index (χ4v) is 2.42. The van der Waals surface area contributed by atoms with Crippen LogP contribution in [-0.4, -0.2) is 35.2 Å². The van der Waals surface area contributed by atoms with Crippen LogP contribution in [0.25, 0.3) is 0 Å². The van der Waals surface area contributed by atoms with E-state index in [4.69, 9.17) is 0 Å². The van der Waals surface area contributed by atoms with Gasteiger partial charge in [0.2, 0.25) is 0 Å². The first-order chi connectivity index (χ1) is 7.35. The van der Waals surface area contributed by atoms with Gasteiger partial charge in [-0.25, -0.2) is 18.4 Å². The zero-order chi connectivity index (χ0) is 11.9. The highest BCUT2D eigenvalue weighted by Crippen LogP contribution is 2.64. The highest BCUT2D eigenvalue weighted by molar-refractivity contribution is 6.18. The molecule has 0 amide bonds. The number of halogens is 2. The van der Waals surface area contributed by atoms with Gasteiger partial charge in [0.25, 0.3) is 11.3 Å². The van der Waals surface area contributed by atoms with Crippen LogP contribution in [0.4, 0.5) is 8.78 Å². The third-order valence-corrected chi connectivity index (χ3v) is 3.21. The Balaban J connectivity index is 2.21. The van der Waals surface area contributed by atoms with Crippen molar-refractivity contribution in [2.45, 2.75) is 11.3 Å². The fourth-order valence-electron chi connectivity index (χ4n) is 2.42. The Morgan fingerprint density at radius 1 is 0.812 bits per heavy atom. The Morgan fingerprint density at radius 2 is 1.19 bits per heavy atom. The van der Waals surface area contributed by atoms with Crippen LogP contribution in [0, 0.1) is 11.8 Å².